The lowest BCUT2D eigenvalue weighted by molar-refractivity contribution is -0.387. The van der Waals surface area contributed by atoms with Gasteiger partial charge in [-0.05, 0) is 48.9 Å². The SMILES string of the molecule is Cc1ccc(-n2c(SCC(=O)Nc3ccc(F)c([N+](=O)[O-])c3)nc3ccccc3c2=O)cc1F. The smallest absolute Gasteiger partial charge is 0.306 e. The number of anilines is 1. The summed E-state index contributed by atoms with van der Waals surface area (Å²) in [5.41, 5.74) is -0.0738. The van der Waals surface area contributed by atoms with Crippen molar-refractivity contribution in [3.63, 3.8) is 0 Å². The summed E-state index contributed by atoms with van der Waals surface area (Å²) in [6.07, 6.45) is 0. The molecule has 0 aliphatic carbocycles. The maximum atomic E-state index is 14.2. The van der Waals surface area contributed by atoms with Crippen LogP contribution in [-0.4, -0.2) is 26.1 Å². The molecular weight excluding hydrogens is 466 g/mol. The Balaban J connectivity index is 1.65. The van der Waals surface area contributed by atoms with Gasteiger partial charge in [0.25, 0.3) is 5.56 Å². The summed E-state index contributed by atoms with van der Waals surface area (Å²) in [5.74, 6) is -2.30. The van der Waals surface area contributed by atoms with E-state index in [2.05, 4.69) is 10.3 Å². The van der Waals surface area contributed by atoms with Crippen molar-refractivity contribution in [1.82, 2.24) is 9.55 Å². The van der Waals surface area contributed by atoms with Crippen molar-refractivity contribution in [3.05, 3.63) is 98.3 Å². The number of nitrogens with zero attached hydrogens (tertiary/aromatic N) is 3. The molecule has 4 rings (SSSR count). The van der Waals surface area contributed by atoms with Gasteiger partial charge in [-0.15, -0.1) is 0 Å². The lowest BCUT2D eigenvalue weighted by Gasteiger charge is -2.14. The van der Waals surface area contributed by atoms with Gasteiger partial charge in [0.1, 0.15) is 5.82 Å². The second-order valence-electron chi connectivity index (χ2n) is 7.25. The number of fused-ring (bicyclic) bond motifs is 1. The van der Waals surface area contributed by atoms with Gasteiger partial charge in [-0.3, -0.25) is 24.3 Å². The first-order valence-electron chi connectivity index (χ1n) is 9.89. The molecular formula is C23H16F2N4O4S. The van der Waals surface area contributed by atoms with E-state index in [4.69, 9.17) is 0 Å². The molecule has 1 aromatic heterocycles. The molecule has 11 heteroatoms. The molecule has 8 nitrogen and oxygen atoms in total. The maximum Gasteiger partial charge on any atom is 0.306 e. The monoisotopic (exact) mass is 482 g/mol. The summed E-state index contributed by atoms with van der Waals surface area (Å²) in [6.45, 7) is 1.60. The molecule has 1 heterocycles. The molecule has 0 atom stereocenters. The molecule has 1 amide bonds. The predicted molar refractivity (Wildman–Crippen MR) is 124 cm³/mol. The third-order valence-electron chi connectivity index (χ3n) is 4.92. The molecule has 34 heavy (non-hydrogen) atoms. The topological polar surface area (TPSA) is 107 Å². The third kappa shape index (κ3) is 4.64. The van der Waals surface area contributed by atoms with E-state index in [1.54, 1.807) is 37.3 Å². The molecule has 4 aromatic rings. The average Bonchev–Trinajstić information content (AvgIpc) is 2.81. The first-order valence-corrected chi connectivity index (χ1v) is 10.9. The van der Waals surface area contributed by atoms with Gasteiger partial charge in [-0.1, -0.05) is 30.0 Å². The van der Waals surface area contributed by atoms with Gasteiger partial charge >= 0.3 is 5.69 Å². The van der Waals surface area contributed by atoms with Crippen LogP contribution in [0.1, 0.15) is 5.56 Å². The molecule has 1 N–H and O–H groups in total. The van der Waals surface area contributed by atoms with E-state index in [9.17, 15) is 28.5 Å². The molecule has 0 unspecified atom stereocenters. The molecule has 0 aliphatic heterocycles. The molecule has 0 spiro atoms. The number of amides is 1. The molecule has 0 radical (unpaired) electrons. The fourth-order valence-corrected chi connectivity index (χ4v) is 4.03. The maximum absolute atomic E-state index is 14.2. The van der Waals surface area contributed by atoms with Gasteiger partial charge < -0.3 is 5.32 Å². The number of rotatable bonds is 6. The molecule has 0 saturated heterocycles. The van der Waals surface area contributed by atoms with Gasteiger partial charge in [0, 0.05) is 11.8 Å². The van der Waals surface area contributed by atoms with E-state index in [-0.39, 0.29) is 22.3 Å². The fourth-order valence-electron chi connectivity index (χ4n) is 3.22. The Bertz CT molecular complexity index is 1510. The van der Waals surface area contributed by atoms with Crippen LogP contribution in [0, 0.1) is 28.7 Å². The molecule has 0 fully saturated rings. The first kappa shape index (κ1) is 23.1. The normalized spacial score (nSPS) is 10.9. The number of nitro groups is 1. The summed E-state index contributed by atoms with van der Waals surface area (Å²) in [6, 6.07) is 14.0. The number of thioether (sulfide) groups is 1. The van der Waals surface area contributed by atoms with Crippen LogP contribution < -0.4 is 10.9 Å². The molecule has 3 aromatic carbocycles. The van der Waals surface area contributed by atoms with Crippen LogP contribution in [0.15, 0.2) is 70.6 Å². The van der Waals surface area contributed by atoms with Crippen molar-refractivity contribution < 1.29 is 18.5 Å². The van der Waals surface area contributed by atoms with E-state index in [1.807, 2.05) is 0 Å². The van der Waals surface area contributed by atoms with E-state index in [1.165, 1.54) is 22.8 Å². The van der Waals surface area contributed by atoms with Crippen molar-refractivity contribution in [2.24, 2.45) is 0 Å². The number of hydrogen-bond donors (Lipinski definition) is 1. The number of nitrogens with one attached hydrogen (secondary N) is 1. The summed E-state index contributed by atoms with van der Waals surface area (Å²) in [5, 5.41) is 13.9. The van der Waals surface area contributed by atoms with Gasteiger partial charge in [-0.2, -0.15) is 4.39 Å². The number of nitro benzene ring substituents is 1. The van der Waals surface area contributed by atoms with Crippen LogP contribution in [0.2, 0.25) is 0 Å². The van der Waals surface area contributed by atoms with Gasteiger partial charge in [0.2, 0.25) is 11.7 Å². The molecule has 0 saturated carbocycles. The predicted octanol–water partition coefficient (Wildman–Crippen LogP) is 4.61. The van der Waals surface area contributed by atoms with Crippen molar-refractivity contribution in [2.45, 2.75) is 12.1 Å². The zero-order chi connectivity index (χ0) is 24.4. The average molecular weight is 482 g/mol. The largest absolute Gasteiger partial charge is 0.325 e. The van der Waals surface area contributed by atoms with Gasteiger partial charge in [0.05, 0.1) is 27.3 Å². The van der Waals surface area contributed by atoms with Crippen molar-refractivity contribution in [3.8, 4) is 5.69 Å². The molecule has 0 aliphatic rings. The Morgan fingerprint density at radius 1 is 1.12 bits per heavy atom. The lowest BCUT2D eigenvalue weighted by Crippen LogP contribution is -2.23. The summed E-state index contributed by atoms with van der Waals surface area (Å²) >= 11 is 0.931. The lowest BCUT2D eigenvalue weighted by atomic mass is 10.2. The van der Waals surface area contributed by atoms with Crippen LogP contribution in [0.4, 0.5) is 20.2 Å². The quantitative estimate of drug-likeness (QED) is 0.186. The van der Waals surface area contributed by atoms with Crippen molar-refractivity contribution in [1.29, 1.82) is 0 Å². The Kier molecular flexibility index (Phi) is 6.37. The summed E-state index contributed by atoms with van der Waals surface area (Å²) in [4.78, 5) is 40.2. The number of aromatic nitrogens is 2. The Morgan fingerprint density at radius 2 is 1.88 bits per heavy atom. The number of aryl methyl sites for hydroxylation is 1. The Morgan fingerprint density at radius 3 is 2.62 bits per heavy atom. The summed E-state index contributed by atoms with van der Waals surface area (Å²) in [7, 11) is 0. The first-order chi connectivity index (χ1) is 16.2. The standard InChI is InChI=1S/C23H16F2N4O4S/c1-13-6-8-15(11-18(13)25)28-22(31)16-4-2-3-5-19(16)27-23(28)34-12-21(30)26-14-7-9-17(24)20(10-14)29(32)33/h2-11H,12H2,1H3,(H,26,30). The van der Waals surface area contributed by atoms with Crippen molar-refractivity contribution >= 4 is 39.9 Å². The summed E-state index contributed by atoms with van der Waals surface area (Å²) < 4.78 is 29.0. The fraction of sp³-hybridized carbons (Fsp3) is 0.0870. The second kappa shape index (κ2) is 9.40. The third-order valence-corrected chi connectivity index (χ3v) is 5.86. The Hall–Kier alpha value is -4.12. The van der Waals surface area contributed by atoms with E-state index in [0.29, 0.717) is 16.5 Å². The number of benzene rings is 3. The van der Waals surface area contributed by atoms with E-state index in [0.717, 1.165) is 23.9 Å². The molecule has 0 bridgehead atoms. The van der Waals surface area contributed by atoms with Crippen molar-refractivity contribution in [2.75, 3.05) is 11.1 Å². The van der Waals surface area contributed by atoms with Crippen LogP contribution in [0.3, 0.4) is 0 Å². The van der Waals surface area contributed by atoms with Gasteiger partial charge in [0.15, 0.2) is 5.16 Å². The number of para-hydroxylation sites is 1. The minimum Gasteiger partial charge on any atom is -0.325 e. The minimum atomic E-state index is -1.02. The van der Waals surface area contributed by atoms with Crippen LogP contribution in [0.5, 0.6) is 0 Å². The minimum absolute atomic E-state index is 0.0446. The van der Waals surface area contributed by atoms with Crippen LogP contribution in [-0.2, 0) is 4.79 Å². The van der Waals surface area contributed by atoms with Gasteiger partial charge in [-0.25, -0.2) is 9.37 Å². The highest BCUT2D eigenvalue weighted by atomic mass is 32.2. The highest BCUT2D eigenvalue weighted by Crippen LogP contribution is 2.24. The highest BCUT2D eigenvalue weighted by Gasteiger charge is 2.18. The number of halogens is 2. The van der Waals surface area contributed by atoms with Crippen LogP contribution >= 0.6 is 11.8 Å². The number of carbonyl (C=O) groups is 1. The van der Waals surface area contributed by atoms with E-state index < -0.39 is 33.7 Å². The molecule has 172 valence electrons. The highest BCUT2D eigenvalue weighted by molar-refractivity contribution is 7.99. The number of carbonyl (C=O) groups excluding carboxylic acids is 1. The zero-order valence-corrected chi connectivity index (χ0v) is 18.4. The Labute approximate surface area is 195 Å². The van der Waals surface area contributed by atoms with E-state index >= 15 is 0 Å². The van der Waals surface area contributed by atoms with Crippen LogP contribution in [0.25, 0.3) is 16.6 Å². The number of hydrogen-bond acceptors (Lipinski definition) is 6. The second-order valence-corrected chi connectivity index (χ2v) is 8.19. The zero-order valence-electron chi connectivity index (χ0n) is 17.6.